The maximum Gasteiger partial charge on any atom is 0.416 e. The van der Waals surface area contributed by atoms with E-state index >= 15 is 0 Å². The predicted octanol–water partition coefficient (Wildman–Crippen LogP) is 4.94. The fourth-order valence-corrected chi connectivity index (χ4v) is 4.05. The monoisotopic (exact) mass is 459 g/mol. The molecule has 0 saturated heterocycles. The first-order chi connectivity index (χ1) is 15.8. The minimum atomic E-state index is -4.38. The van der Waals surface area contributed by atoms with Gasteiger partial charge in [-0.05, 0) is 44.6 Å². The molecular formula is C23H28F3N7. The van der Waals surface area contributed by atoms with Crippen molar-refractivity contribution in [3.05, 3.63) is 47.9 Å². The summed E-state index contributed by atoms with van der Waals surface area (Å²) in [7, 11) is 3.90. The molecular weight excluding hydrogens is 431 g/mol. The second kappa shape index (κ2) is 9.86. The summed E-state index contributed by atoms with van der Waals surface area (Å²) >= 11 is 0. The standard InChI is InChI=1S/C23H28F3N7/c1-32(2)14-19-15-33(31-30-19)22-27-13-20(16-9-11-17(12-10-16)23(24,25)26)21(29-22)28-18-7-5-3-4-6-8-18/h9-13,15,18H,3-8,14H2,1-2H3,(H,27,28,29). The molecule has 0 radical (unpaired) electrons. The van der Waals surface area contributed by atoms with E-state index in [1.54, 1.807) is 12.4 Å². The number of hydrogen-bond acceptors (Lipinski definition) is 6. The van der Waals surface area contributed by atoms with Crippen molar-refractivity contribution in [3.63, 3.8) is 0 Å². The molecule has 1 aliphatic carbocycles. The molecule has 1 fully saturated rings. The van der Waals surface area contributed by atoms with E-state index in [1.807, 2.05) is 19.0 Å². The summed E-state index contributed by atoms with van der Waals surface area (Å²) < 4.78 is 40.6. The van der Waals surface area contributed by atoms with Gasteiger partial charge in [0.2, 0.25) is 0 Å². The van der Waals surface area contributed by atoms with Gasteiger partial charge in [-0.1, -0.05) is 43.0 Å². The molecule has 7 nitrogen and oxygen atoms in total. The molecule has 2 heterocycles. The Balaban J connectivity index is 1.68. The van der Waals surface area contributed by atoms with Gasteiger partial charge in [0, 0.05) is 24.3 Å². The van der Waals surface area contributed by atoms with Gasteiger partial charge in [-0.2, -0.15) is 22.8 Å². The lowest BCUT2D eigenvalue weighted by atomic mass is 10.0. The van der Waals surface area contributed by atoms with Crippen molar-refractivity contribution in [2.24, 2.45) is 0 Å². The summed E-state index contributed by atoms with van der Waals surface area (Å²) in [6.45, 7) is 0.636. The van der Waals surface area contributed by atoms with Gasteiger partial charge >= 0.3 is 6.18 Å². The van der Waals surface area contributed by atoms with E-state index in [1.165, 1.54) is 29.7 Å². The molecule has 3 aromatic rings. The second-order valence-corrected chi connectivity index (χ2v) is 8.73. The molecule has 0 aliphatic heterocycles. The van der Waals surface area contributed by atoms with Crippen LogP contribution >= 0.6 is 0 Å². The number of anilines is 1. The first kappa shape index (κ1) is 23.2. The van der Waals surface area contributed by atoms with Crippen LogP contribution in [0, 0.1) is 0 Å². The molecule has 1 aromatic carbocycles. The first-order valence-electron chi connectivity index (χ1n) is 11.2. The zero-order chi connectivity index (χ0) is 23.4. The third kappa shape index (κ3) is 5.87. The van der Waals surface area contributed by atoms with Crippen LogP contribution in [0.3, 0.4) is 0 Å². The molecule has 0 spiro atoms. The Kier molecular flexibility index (Phi) is 6.92. The van der Waals surface area contributed by atoms with Crippen molar-refractivity contribution in [2.75, 3.05) is 19.4 Å². The van der Waals surface area contributed by atoms with Crippen molar-refractivity contribution in [2.45, 2.75) is 57.3 Å². The molecule has 0 amide bonds. The minimum absolute atomic E-state index is 0.253. The maximum atomic E-state index is 13.0. The number of alkyl halides is 3. The van der Waals surface area contributed by atoms with Crippen molar-refractivity contribution >= 4 is 5.82 Å². The van der Waals surface area contributed by atoms with Gasteiger partial charge in [0.25, 0.3) is 5.95 Å². The largest absolute Gasteiger partial charge is 0.416 e. The van der Waals surface area contributed by atoms with Gasteiger partial charge in [0.15, 0.2) is 0 Å². The van der Waals surface area contributed by atoms with Crippen molar-refractivity contribution in [1.29, 1.82) is 0 Å². The molecule has 0 bridgehead atoms. The molecule has 176 valence electrons. The Morgan fingerprint density at radius 3 is 2.39 bits per heavy atom. The van der Waals surface area contributed by atoms with Gasteiger partial charge in [-0.15, -0.1) is 5.10 Å². The summed E-state index contributed by atoms with van der Waals surface area (Å²) in [5.74, 6) is 0.954. The topological polar surface area (TPSA) is 71.8 Å². The Hall–Kier alpha value is -3.01. The summed E-state index contributed by atoms with van der Waals surface area (Å²) in [6, 6.07) is 5.35. The minimum Gasteiger partial charge on any atom is -0.367 e. The first-order valence-corrected chi connectivity index (χ1v) is 11.2. The van der Waals surface area contributed by atoms with Gasteiger partial charge in [-0.3, -0.25) is 0 Å². The fraction of sp³-hybridized carbons (Fsp3) is 0.478. The normalized spacial score (nSPS) is 15.6. The van der Waals surface area contributed by atoms with E-state index < -0.39 is 11.7 Å². The van der Waals surface area contributed by atoms with E-state index in [9.17, 15) is 13.2 Å². The number of nitrogens with one attached hydrogen (secondary N) is 1. The molecule has 4 rings (SSSR count). The van der Waals surface area contributed by atoms with E-state index in [2.05, 4.69) is 20.6 Å². The second-order valence-electron chi connectivity index (χ2n) is 8.73. The van der Waals surface area contributed by atoms with Gasteiger partial charge in [0.1, 0.15) is 5.82 Å². The molecule has 10 heteroatoms. The van der Waals surface area contributed by atoms with Crippen LogP contribution in [0.5, 0.6) is 0 Å². The van der Waals surface area contributed by atoms with Crippen LogP contribution in [0.4, 0.5) is 19.0 Å². The molecule has 0 atom stereocenters. The number of benzene rings is 1. The third-order valence-electron chi connectivity index (χ3n) is 5.72. The van der Waals surface area contributed by atoms with E-state index in [0.29, 0.717) is 29.4 Å². The number of aromatic nitrogens is 5. The summed E-state index contributed by atoms with van der Waals surface area (Å²) in [5.41, 5.74) is 1.38. The molecule has 2 aromatic heterocycles. The van der Waals surface area contributed by atoms with Crippen LogP contribution in [0.2, 0.25) is 0 Å². The van der Waals surface area contributed by atoms with E-state index in [-0.39, 0.29) is 6.04 Å². The van der Waals surface area contributed by atoms with Crippen LogP contribution in [0.25, 0.3) is 17.1 Å². The van der Waals surface area contributed by atoms with E-state index in [4.69, 9.17) is 4.98 Å². The molecule has 1 saturated carbocycles. The molecule has 1 aliphatic rings. The lowest BCUT2D eigenvalue weighted by Crippen LogP contribution is -2.20. The lowest BCUT2D eigenvalue weighted by molar-refractivity contribution is -0.137. The Labute approximate surface area is 191 Å². The summed E-state index contributed by atoms with van der Waals surface area (Å²) in [4.78, 5) is 11.1. The predicted molar refractivity (Wildman–Crippen MR) is 120 cm³/mol. The lowest BCUT2D eigenvalue weighted by Gasteiger charge is -2.20. The van der Waals surface area contributed by atoms with Crippen LogP contribution < -0.4 is 5.32 Å². The van der Waals surface area contributed by atoms with Crippen molar-refractivity contribution < 1.29 is 13.2 Å². The average molecular weight is 460 g/mol. The highest BCUT2D eigenvalue weighted by molar-refractivity contribution is 5.75. The van der Waals surface area contributed by atoms with Crippen LogP contribution in [0.15, 0.2) is 36.7 Å². The summed E-state index contributed by atoms with van der Waals surface area (Å²) in [5, 5.41) is 11.9. The molecule has 0 unspecified atom stereocenters. The maximum absolute atomic E-state index is 13.0. The summed E-state index contributed by atoms with van der Waals surface area (Å²) in [6.07, 6.45) is 5.81. The van der Waals surface area contributed by atoms with Crippen molar-refractivity contribution in [1.82, 2.24) is 29.9 Å². The van der Waals surface area contributed by atoms with Crippen LogP contribution in [0.1, 0.15) is 49.8 Å². The zero-order valence-electron chi connectivity index (χ0n) is 18.8. The van der Waals surface area contributed by atoms with Crippen LogP contribution in [-0.2, 0) is 12.7 Å². The highest BCUT2D eigenvalue weighted by atomic mass is 19.4. The van der Waals surface area contributed by atoms with Gasteiger partial charge in [0.05, 0.1) is 17.5 Å². The van der Waals surface area contributed by atoms with Crippen molar-refractivity contribution in [3.8, 4) is 17.1 Å². The SMILES string of the molecule is CN(C)Cc1cn(-c2ncc(-c3ccc(C(F)(F)F)cc3)c(NC3CCCCCC3)n2)nn1. The number of hydrogen-bond donors (Lipinski definition) is 1. The number of rotatable bonds is 6. The Bertz CT molecular complexity index is 1050. The highest BCUT2D eigenvalue weighted by Gasteiger charge is 2.30. The van der Waals surface area contributed by atoms with Gasteiger partial charge < -0.3 is 10.2 Å². The quantitative estimate of drug-likeness (QED) is 0.527. The smallest absolute Gasteiger partial charge is 0.367 e. The zero-order valence-corrected chi connectivity index (χ0v) is 18.8. The fourth-order valence-electron chi connectivity index (χ4n) is 4.05. The Morgan fingerprint density at radius 1 is 1.06 bits per heavy atom. The van der Waals surface area contributed by atoms with Crippen LogP contribution in [-0.4, -0.2) is 50.0 Å². The Morgan fingerprint density at radius 2 is 1.76 bits per heavy atom. The molecule has 33 heavy (non-hydrogen) atoms. The third-order valence-corrected chi connectivity index (χ3v) is 5.72. The average Bonchev–Trinajstić information content (AvgIpc) is 3.07. The van der Waals surface area contributed by atoms with Gasteiger partial charge in [-0.25, -0.2) is 4.98 Å². The highest BCUT2D eigenvalue weighted by Crippen LogP contribution is 2.33. The number of nitrogens with zero attached hydrogens (tertiary/aromatic N) is 6. The number of halogens is 3. The van der Waals surface area contributed by atoms with E-state index in [0.717, 1.165) is 43.5 Å². The molecule has 1 N–H and O–H groups in total.